The monoisotopic (exact) mass is 340 g/mol. The second-order valence-corrected chi connectivity index (χ2v) is 6.40. The first-order valence-corrected chi connectivity index (χ1v) is 8.40. The van der Waals surface area contributed by atoms with Crippen LogP contribution in [0.4, 0.5) is 0 Å². The van der Waals surface area contributed by atoms with Crippen LogP contribution in [0.25, 0.3) is 5.69 Å². The summed E-state index contributed by atoms with van der Waals surface area (Å²) in [4.78, 5) is 4.07. The van der Waals surface area contributed by atoms with Crippen LogP contribution < -0.4 is 5.32 Å². The van der Waals surface area contributed by atoms with Crippen LogP contribution in [-0.4, -0.2) is 14.8 Å². The van der Waals surface area contributed by atoms with E-state index >= 15 is 0 Å². The first kappa shape index (κ1) is 16.7. The third-order valence-corrected chi connectivity index (χ3v) is 4.51. The van der Waals surface area contributed by atoms with Crippen molar-refractivity contribution in [2.24, 2.45) is 0 Å². The molecule has 0 aliphatic heterocycles. The molecule has 0 aliphatic rings. The molecule has 0 bridgehead atoms. The highest BCUT2D eigenvalue weighted by molar-refractivity contribution is 6.30. The van der Waals surface area contributed by atoms with Crippen molar-refractivity contribution in [3.8, 4) is 5.69 Å². The molecule has 24 heavy (non-hydrogen) atoms. The van der Waals surface area contributed by atoms with Crippen molar-refractivity contribution in [1.82, 2.24) is 20.1 Å². The molecule has 2 heterocycles. The van der Waals surface area contributed by atoms with E-state index in [4.69, 9.17) is 11.6 Å². The largest absolute Gasteiger partial charge is 0.304 e. The van der Waals surface area contributed by atoms with E-state index in [1.807, 2.05) is 59.7 Å². The number of pyridine rings is 1. The minimum absolute atomic E-state index is 0.182. The van der Waals surface area contributed by atoms with Crippen LogP contribution in [-0.2, 0) is 0 Å². The van der Waals surface area contributed by atoms with Crippen LogP contribution in [0.5, 0.6) is 0 Å². The predicted molar refractivity (Wildman–Crippen MR) is 97.5 cm³/mol. The molecule has 5 heteroatoms. The fourth-order valence-electron chi connectivity index (χ4n) is 2.93. The number of aromatic nitrogens is 3. The molecule has 0 saturated carbocycles. The molecule has 1 N–H and O–H groups in total. The summed E-state index contributed by atoms with van der Waals surface area (Å²) in [5.74, 6) is 0. The molecule has 2 unspecified atom stereocenters. The average Bonchev–Trinajstić information content (AvgIpc) is 2.97. The zero-order chi connectivity index (χ0) is 17.1. The molecule has 124 valence electrons. The normalized spacial score (nSPS) is 13.7. The lowest BCUT2D eigenvalue weighted by Crippen LogP contribution is -2.22. The Balaban J connectivity index is 1.80. The lowest BCUT2D eigenvalue weighted by molar-refractivity contribution is 0.492. The Kier molecular flexibility index (Phi) is 4.97. The molecule has 4 nitrogen and oxygen atoms in total. The fourth-order valence-corrected chi connectivity index (χ4v) is 3.11. The van der Waals surface area contributed by atoms with Gasteiger partial charge in [0.05, 0.1) is 11.9 Å². The van der Waals surface area contributed by atoms with Crippen molar-refractivity contribution in [2.75, 3.05) is 0 Å². The maximum Gasteiger partial charge on any atom is 0.0663 e. The van der Waals surface area contributed by atoms with Gasteiger partial charge in [-0.2, -0.15) is 5.10 Å². The zero-order valence-corrected chi connectivity index (χ0v) is 14.8. The highest BCUT2D eigenvalue weighted by atomic mass is 35.5. The van der Waals surface area contributed by atoms with Gasteiger partial charge in [-0.3, -0.25) is 4.98 Å². The van der Waals surface area contributed by atoms with Crippen LogP contribution in [0.1, 0.15) is 42.8 Å². The van der Waals surface area contributed by atoms with Gasteiger partial charge >= 0.3 is 0 Å². The van der Waals surface area contributed by atoms with Crippen LogP contribution in [0.3, 0.4) is 0 Å². The van der Waals surface area contributed by atoms with E-state index in [9.17, 15) is 0 Å². The van der Waals surface area contributed by atoms with Crippen molar-refractivity contribution in [3.63, 3.8) is 0 Å². The second-order valence-electron chi connectivity index (χ2n) is 5.97. The molecule has 2 atom stereocenters. The van der Waals surface area contributed by atoms with Crippen LogP contribution in [0.2, 0.25) is 5.02 Å². The van der Waals surface area contributed by atoms with E-state index in [2.05, 4.69) is 36.2 Å². The van der Waals surface area contributed by atoms with Crippen LogP contribution in [0, 0.1) is 6.92 Å². The molecule has 0 radical (unpaired) electrons. The minimum atomic E-state index is 0.182. The Morgan fingerprint density at radius 3 is 2.54 bits per heavy atom. The predicted octanol–water partition coefficient (Wildman–Crippen LogP) is 4.64. The van der Waals surface area contributed by atoms with Crippen molar-refractivity contribution in [2.45, 2.75) is 32.9 Å². The second kappa shape index (κ2) is 7.16. The van der Waals surface area contributed by atoms with E-state index in [1.54, 1.807) is 0 Å². The lowest BCUT2D eigenvalue weighted by Gasteiger charge is -2.20. The highest BCUT2D eigenvalue weighted by Crippen LogP contribution is 2.24. The summed E-state index contributed by atoms with van der Waals surface area (Å²) in [6.07, 6.45) is 5.56. The van der Waals surface area contributed by atoms with Gasteiger partial charge in [-0.05, 0) is 56.7 Å². The molecule has 1 aromatic carbocycles. The van der Waals surface area contributed by atoms with Crippen molar-refractivity contribution < 1.29 is 0 Å². The van der Waals surface area contributed by atoms with E-state index in [0.29, 0.717) is 5.02 Å². The molecular weight excluding hydrogens is 320 g/mol. The summed E-state index contributed by atoms with van der Waals surface area (Å²) >= 11 is 6.09. The Morgan fingerprint density at radius 2 is 1.83 bits per heavy atom. The first-order valence-electron chi connectivity index (χ1n) is 8.02. The number of rotatable bonds is 5. The maximum atomic E-state index is 6.09. The van der Waals surface area contributed by atoms with Crippen molar-refractivity contribution >= 4 is 11.6 Å². The summed E-state index contributed by atoms with van der Waals surface area (Å²) in [5, 5.41) is 8.87. The smallest absolute Gasteiger partial charge is 0.0663 e. The van der Waals surface area contributed by atoms with Gasteiger partial charge in [-0.1, -0.05) is 17.7 Å². The quantitative estimate of drug-likeness (QED) is 0.735. The Bertz CT molecular complexity index is 813. The molecule has 3 aromatic rings. The summed E-state index contributed by atoms with van der Waals surface area (Å²) < 4.78 is 1.93. The molecule has 3 rings (SSSR count). The van der Waals surface area contributed by atoms with Gasteiger partial charge in [0.2, 0.25) is 0 Å². The SMILES string of the molecule is Cc1c(C(C)NC(C)c2ccncc2)cnn1-c1cccc(Cl)c1. The Morgan fingerprint density at radius 1 is 1.08 bits per heavy atom. The Hall–Kier alpha value is -2.17. The summed E-state index contributed by atoms with van der Waals surface area (Å²) in [5.41, 5.74) is 4.48. The molecule has 0 spiro atoms. The third-order valence-electron chi connectivity index (χ3n) is 4.27. The summed E-state index contributed by atoms with van der Waals surface area (Å²) in [7, 11) is 0. The van der Waals surface area contributed by atoms with Gasteiger partial charge in [0.15, 0.2) is 0 Å². The van der Waals surface area contributed by atoms with Crippen LogP contribution >= 0.6 is 11.6 Å². The number of halogens is 1. The molecular formula is C19H21ClN4. The molecule has 0 fully saturated rings. The zero-order valence-electron chi connectivity index (χ0n) is 14.1. The Labute approximate surface area is 147 Å². The molecule has 2 aromatic heterocycles. The van der Waals surface area contributed by atoms with Gasteiger partial charge in [0.1, 0.15) is 0 Å². The highest BCUT2D eigenvalue weighted by Gasteiger charge is 2.17. The van der Waals surface area contributed by atoms with Crippen molar-refractivity contribution in [1.29, 1.82) is 0 Å². The minimum Gasteiger partial charge on any atom is -0.304 e. The van der Waals surface area contributed by atoms with E-state index in [1.165, 1.54) is 11.1 Å². The number of hydrogen-bond donors (Lipinski definition) is 1. The topological polar surface area (TPSA) is 42.7 Å². The van der Waals surface area contributed by atoms with E-state index < -0.39 is 0 Å². The van der Waals surface area contributed by atoms with Gasteiger partial charge in [0.25, 0.3) is 0 Å². The number of nitrogens with zero attached hydrogens (tertiary/aromatic N) is 3. The van der Waals surface area contributed by atoms with E-state index in [0.717, 1.165) is 11.4 Å². The first-order chi connectivity index (χ1) is 11.6. The fraction of sp³-hybridized carbons (Fsp3) is 0.263. The van der Waals surface area contributed by atoms with Crippen molar-refractivity contribution in [3.05, 3.63) is 76.8 Å². The number of hydrogen-bond acceptors (Lipinski definition) is 3. The summed E-state index contributed by atoms with van der Waals surface area (Å²) in [6.45, 7) is 6.39. The molecule has 0 aliphatic carbocycles. The number of nitrogens with one attached hydrogen (secondary N) is 1. The van der Waals surface area contributed by atoms with Gasteiger partial charge < -0.3 is 5.32 Å². The molecule has 0 amide bonds. The van der Waals surface area contributed by atoms with Crippen LogP contribution in [0.15, 0.2) is 55.0 Å². The number of benzene rings is 1. The lowest BCUT2D eigenvalue weighted by atomic mass is 10.1. The third kappa shape index (κ3) is 3.50. The summed E-state index contributed by atoms with van der Waals surface area (Å²) in [6, 6.07) is 12.2. The van der Waals surface area contributed by atoms with Gasteiger partial charge in [-0.25, -0.2) is 4.68 Å². The molecule has 0 saturated heterocycles. The average molecular weight is 341 g/mol. The van der Waals surface area contributed by atoms with Gasteiger partial charge in [0, 0.05) is 40.8 Å². The van der Waals surface area contributed by atoms with E-state index in [-0.39, 0.29) is 12.1 Å². The maximum absolute atomic E-state index is 6.09. The van der Waals surface area contributed by atoms with Gasteiger partial charge in [-0.15, -0.1) is 0 Å². The standard InChI is InChI=1S/C19H21ClN4/c1-13(16-7-9-21-10-8-16)23-14(2)19-12-22-24(15(19)3)18-6-4-5-17(20)11-18/h4-14,23H,1-3H3.